The Morgan fingerprint density at radius 3 is 2.08 bits per heavy atom. The Balaban J connectivity index is 1.15. The molecule has 0 saturated carbocycles. The predicted molar refractivity (Wildman–Crippen MR) is 125 cm³/mol. The SMILES string of the molecule is O=C(Oc1ccc(COC(=O)C2CO2)c(F)c1F)c1ccc(CCCCCCCOC(=O)C2CO2)cc1. The minimum absolute atomic E-state index is 0.178. The summed E-state index contributed by atoms with van der Waals surface area (Å²) in [5.74, 6) is -4.87. The number of hydrogen-bond donors (Lipinski definition) is 0. The monoisotopic (exact) mass is 518 g/mol. The standard InChI is InChI=1S/C27H28F2O8/c28-23-19(14-36-27(32)22-16-35-22)11-12-20(24(23)29)37-25(30)18-9-7-17(8-10-18)6-4-2-1-3-5-13-33-26(31)21-15-34-21/h7-12,21-22H,1-6,13-16H2. The Kier molecular flexibility index (Phi) is 9.19. The Hall–Kier alpha value is -3.37. The maximum atomic E-state index is 14.4. The summed E-state index contributed by atoms with van der Waals surface area (Å²) in [6, 6.07) is 9.07. The van der Waals surface area contributed by atoms with Crippen molar-refractivity contribution >= 4 is 17.9 Å². The maximum absolute atomic E-state index is 14.4. The van der Waals surface area contributed by atoms with E-state index in [1.165, 1.54) is 6.07 Å². The zero-order chi connectivity index (χ0) is 26.2. The highest BCUT2D eigenvalue weighted by Crippen LogP contribution is 2.25. The second-order valence-electron chi connectivity index (χ2n) is 8.87. The molecule has 37 heavy (non-hydrogen) atoms. The Morgan fingerprint density at radius 2 is 1.41 bits per heavy atom. The molecule has 8 nitrogen and oxygen atoms in total. The first-order valence-electron chi connectivity index (χ1n) is 12.3. The highest BCUT2D eigenvalue weighted by atomic mass is 19.2. The van der Waals surface area contributed by atoms with Crippen molar-refractivity contribution < 1.29 is 46.8 Å². The summed E-state index contributed by atoms with van der Waals surface area (Å²) < 4.78 is 53.3. The van der Waals surface area contributed by atoms with Gasteiger partial charge in [0.25, 0.3) is 0 Å². The van der Waals surface area contributed by atoms with Crippen LogP contribution in [0.3, 0.4) is 0 Å². The van der Waals surface area contributed by atoms with Crippen molar-refractivity contribution in [3.8, 4) is 5.75 Å². The number of epoxide rings is 2. The summed E-state index contributed by atoms with van der Waals surface area (Å²) in [5, 5.41) is 0. The van der Waals surface area contributed by atoms with Gasteiger partial charge in [-0.05, 0) is 49.1 Å². The molecule has 4 rings (SSSR count). The third kappa shape index (κ3) is 8.06. The summed E-state index contributed by atoms with van der Waals surface area (Å²) >= 11 is 0. The van der Waals surface area contributed by atoms with Gasteiger partial charge in [0.1, 0.15) is 6.61 Å². The van der Waals surface area contributed by atoms with Crippen molar-refractivity contribution in [1.82, 2.24) is 0 Å². The van der Waals surface area contributed by atoms with Crippen molar-refractivity contribution in [2.45, 2.75) is 57.3 Å². The third-order valence-corrected chi connectivity index (χ3v) is 5.94. The van der Waals surface area contributed by atoms with Crippen LogP contribution in [0.15, 0.2) is 36.4 Å². The van der Waals surface area contributed by atoms with E-state index in [1.807, 2.05) is 0 Å². The second-order valence-corrected chi connectivity index (χ2v) is 8.87. The highest BCUT2D eigenvalue weighted by molar-refractivity contribution is 5.91. The third-order valence-electron chi connectivity index (χ3n) is 5.94. The molecule has 2 aromatic rings. The number of unbranched alkanes of at least 4 members (excludes halogenated alkanes) is 4. The van der Waals surface area contributed by atoms with Crippen LogP contribution in [0.25, 0.3) is 0 Å². The van der Waals surface area contributed by atoms with Gasteiger partial charge in [-0.25, -0.2) is 18.8 Å². The first-order chi connectivity index (χ1) is 17.9. The lowest BCUT2D eigenvalue weighted by Crippen LogP contribution is -2.13. The van der Waals surface area contributed by atoms with Crippen molar-refractivity contribution in [3.63, 3.8) is 0 Å². The van der Waals surface area contributed by atoms with Crippen molar-refractivity contribution in [2.75, 3.05) is 19.8 Å². The summed E-state index contributed by atoms with van der Waals surface area (Å²) in [5.41, 5.74) is 1.07. The van der Waals surface area contributed by atoms with Gasteiger partial charge in [0.05, 0.1) is 25.4 Å². The molecule has 10 heteroatoms. The fraction of sp³-hybridized carbons (Fsp3) is 0.444. The Labute approximate surface area is 212 Å². The molecule has 2 unspecified atom stereocenters. The van der Waals surface area contributed by atoms with Crippen LogP contribution in [-0.2, 0) is 41.6 Å². The van der Waals surface area contributed by atoms with E-state index in [-0.39, 0.29) is 29.8 Å². The number of carbonyl (C=O) groups excluding carboxylic acids is 3. The van der Waals surface area contributed by atoms with E-state index in [0.29, 0.717) is 13.2 Å². The van der Waals surface area contributed by atoms with E-state index in [9.17, 15) is 23.2 Å². The molecule has 0 spiro atoms. The lowest BCUT2D eigenvalue weighted by molar-refractivity contribution is -0.146. The normalized spacial score (nSPS) is 17.7. The molecule has 0 radical (unpaired) electrons. The quantitative estimate of drug-likeness (QED) is 0.160. The topological polar surface area (TPSA) is 104 Å². The van der Waals surface area contributed by atoms with Crippen LogP contribution < -0.4 is 4.74 Å². The van der Waals surface area contributed by atoms with E-state index in [4.69, 9.17) is 23.7 Å². The zero-order valence-corrected chi connectivity index (χ0v) is 20.2. The van der Waals surface area contributed by atoms with Gasteiger partial charge in [-0.1, -0.05) is 31.4 Å². The molecule has 0 N–H and O–H groups in total. The van der Waals surface area contributed by atoms with Crippen LogP contribution in [0.2, 0.25) is 0 Å². The van der Waals surface area contributed by atoms with Crippen LogP contribution in [0.5, 0.6) is 5.75 Å². The van der Waals surface area contributed by atoms with E-state index in [1.54, 1.807) is 24.3 Å². The lowest BCUT2D eigenvalue weighted by Gasteiger charge is -2.10. The Bertz CT molecular complexity index is 1110. The van der Waals surface area contributed by atoms with Gasteiger partial charge in [-0.15, -0.1) is 0 Å². The van der Waals surface area contributed by atoms with E-state index < -0.39 is 42.0 Å². The number of benzene rings is 2. The molecule has 2 atom stereocenters. The molecule has 0 amide bonds. The van der Waals surface area contributed by atoms with Gasteiger partial charge in [0.2, 0.25) is 5.82 Å². The van der Waals surface area contributed by atoms with E-state index >= 15 is 0 Å². The molecule has 0 aliphatic carbocycles. The molecule has 0 bridgehead atoms. The summed E-state index contributed by atoms with van der Waals surface area (Å²) in [7, 11) is 0. The van der Waals surface area contributed by atoms with Crippen LogP contribution in [0.4, 0.5) is 8.78 Å². The van der Waals surface area contributed by atoms with Gasteiger partial charge >= 0.3 is 17.9 Å². The maximum Gasteiger partial charge on any atom is 0.343 e. The Morgan fingerprint density at radius 1 is 0.784 bits per heavy atom. The number of aryl methyl sites for hydroxylation is 1. The van der Waals surface area contributed by atoms with Crippen molar-refractivity contribution in [2.24, 2.45) is 0 Å². The van der Waals surface area contributed by atoms with Gasteiger partial charge < -0.3 is 23.7 Å². The zero-order valence-electron chi connectivity index (χ0n) is 20.2. The first-order valence-corrected chi connectivity index (χ1v) is 12.3. The fourth-order valence-electron chi connectivity index (χ4n) is 3.57. The molecule has 0 aromatic heterocycles. The van der Waals surface area contributed by atoms with Crippen LogP contribution in [0, 0.1) is 11.6 Å². The van der Waals surface area contributed by atoms with Gasteiger partial charge in [-0.2, -0.15) is 4.39 Å². The molecular weight excluding hydrogens is 490 g/mol. The minimum Gasteiger partial charge on any atom is -0.464 e. The first kappa shape index (κ1) is 26.7. The molecule has 2 saturated heterocycles. The summed E-state index contributed by atoms with van der Waals surface area (Å²) in [6.07, 6.45) is 4.67. The minimum atomic E-state index is -1.34. The van der Waals surface area contributed by atoms with Crippen LogP contribution >= 0.6 is 0 Å². The number of hydrogen-bond acceptors (Lipinski definition) is 8. The molecule has 2 aromatic carbocycles. The molecule has 2 aliphatic heterocycles. The molecule has 198 valence electrons. The van der Waals surface area contributed by atoms with E-state index in [2.05, 4.69) is 0 Å². The second kappa shape index (κ2) is 12.7. The van der Waals surface area contributed by atoms with Gasteiger partial charge in [-0.3, -0.25) is 0 Å². The number of halogens is 2. The van der Waals surface area contributed by atoms with Gasteiger partial charge in [0, 0.05) is 5.56 Å². The molecule has 2 aliphatic rings. The smallest absolute Gasteiger partial charge is 0.343 e. The average Bonchev–Trinajstić information content (AvgIpc) is 3.81. The summed E-state index contributed by atoms with van der Waals surface area (Å²) in [4.78, 5) is 35.2. The summed E-state index contributed by atoms with van der Waals surface area (Å²) in [6.45, 7) is 0.681. The number of esters is 3. The number of rotatable bonds is 14. The highest BCUT2D eigenvalue weighted by Gasteiger charge is 2.33. The number of ether oxygens (including phenoxy) is 5. The van der Waals surface area contributed by atoms with Gasteiger partial charge in [0.15, 0.2) is 23.8 Å². The largest absolute Gasteiger partial charge is 0.464 e. The van der Waals surface area contributed by atoms with Crippen molar-refractivity contribution in [3.05, 3.63) is 64.7 Å². The number of carbonyl (C=O) groups is 3. The molecular formula is C27H28F2O8. The van der Waals surface area contributed by atoms with Crippen molar-refractivity contribution in [1.29, 1.82) is 0 Å². The van der Waals surface area contributed by atoms with Crippen LogP contribution in [0.1, 0.15) is 53.6 Å². The fourth-order valence-corrected chi connectivity index (χ4v) is 3.57. The van der Waals surface area contributed by atoms with Crippen LogP contribution in [-0.4, -0.2) is 49.9 Å². The predicted octanol–water partition coefficient (Wildman–Crippen LogP) is 4.06. The lowest BCUT2D eigenvalue weighted by atomic mass is 10.0. The average molecular weight is 519 g/mol. The molecule has 2 heterocycles. The van der Waals surface area contributed by atoms with E-state index in [0.717, 1.165) is 50.2 Å². The molecule has 2 fully saturated rings.